The fourth-order valence-corrected chi connectivity index (χ4v) is 0.871. The molecule has 0 spiro atoms. The maximum atomic E-state index is 10.6. The zero-order valence-electron chi connectivity index (χ0n) is 7.65. The Kier molecular flexibility index (Phi) is 3.17. The number of aromatic nitrogens is 1. The van der Waals surface area contributed by atoms with Crippen LogP contribution in [-0.4, -0.2) is 22.0 Å². The molecule has 0 fully saturated rings. The third-order valence-electron chi connectivity index (χ3n) is 1.59. The van der Waals surface area contributed by atoms with Gasteiger partial charge in [-0.05, 0) is 12.1 Å². The number of aromatic carboxylic acids is 1. The van der Waals surface area contributed by atoms with Crippen LogP contribution < -0.4 is 5.32 Å². The van der Waals surface area contributed by atoms with Crippen molar-refractivity contribution in [1.29, 1.82) is 0 Å². The third-order valence-corrected chi connectivity index (χ3v) is 1.59. The van der Waals surface area contributed by atoms with E-state index >= 15 is 0 Å². The van der Waals surface area contributed by atoms with E-state index in [1.54, 1.807) is 6.07 Å². The lowest BCUT2D eigenvalue weighted by atomic mass is 10.2. The molecule has 5 heteroatoms. The van der Waals surface area contributed by atoms with Gasteiger partial charge >= 0.3 is 5.97 Å². The molecule has 0 saturated carbocycles. The smallest absolute Gasteiger partial charge is 0.337 e. The van der Waals surface area contributed by atoms with Gasteiger partial charge in [0.05, 0.1) is 17.8 Å². The summed E-state index contributed by atoms with van der Waals surface area (Å²) in [4.78, 5) is 24.9. The zero-order valence-corrected chi connectivity index (χ0v) is 7.65. The van der Waals surface area contributed by atoms with Crippen LogP contribution in [0.4, 0.5) is 0 Å². The number of pyridine rings is 1. The number of nitrogens with one attached hydrogen (secondary N) is 1. The van der Waals surface area contributed by atoms with E-state index in [-0.39, 0.29) is 11.5 Å². The largest absolute Gasteiger partial charge is 0.478 e. The van der Waals surface area contributed by atoms with Gasteiger partial charge in [0.1, 0.15) is 0 Å². The van der Waals surface area contributed by atoms with Gasteiger partial charge < -0.3 is 10.4 Å². The van der Waals surface area contributed by atoms with Crippen molar-refractivity contribution in [1.82, 2.24) is 10.3 Å². The zero-order chi connectivity index (χ0) is 10.6. The molecule has 0 saturated heterocycles. The van der Waals surface area contributed by atoms with Crippen LogP contribution in [0.2, 0.25) is 0 Å². The van der Waals surface area contributed by atoms with E-state index in [4.69, 9.17) is 5.11 Å². The molecule has 0 aliphatic carbocycles. The summed E-state index contributed by atoms with van der Waals surface area (Å²) >= 11 is 0. The van der Waals surface area contributed by atoms with Crippen molar-refractivity contribution < 1.29 is 14.7 Å². The molecule has 0 bridgehead atoms. The average Bonchev–Trinajstić information content (AvgIpc) is 2.15. The summed E-state index contributed by atoms with van der Waals surface area (Å²) in [5.41, 5.74) is 0.766. The lowest BCUT2D eigenvalue weighted by Gasteiger charge is -2.01. The van der Waals surface area contributed by atoms with Crippen molar-refractivity contribution in [3.63, 3.8) is 0 Å². The molecule has 1 heterocycles. The molecule has 14 heavy (non-hydrogen) atoms. The van der Waals surface area contributed by atoms with Crippen molar-refractivity contribution >= 4 is 11.9 Å². The first-order valence-corrected chi connectivity index (χ1v) is 4.02. The highest BCUT2D eigenvalue weighted by atomic mass is 16.4. The fraction of sp³-hybridized carbons (Fsp3) is 0.222. The molecule has 0 atom stereocenters. The van der Waals surface area contributed by atoms with Gasteiger partial charge in [-0.2, -0.15) is 0 Å². The predicted molar refractivity (Wildman–Crippen MR) is 48.7 cm³/mol. The highest BCUT2D eigenvalue weighted by molar-refractivity contribution is 5.87. The van der Waals surface area contributed by atoms with E-state index in [0.29, 0.717) is 12.2 Å². The van der Waals surface area contributed by atoms with Crippen molar-refractivity contribution in [2.75, 3.05) is 0 Å². The van der Waals surface area contributed by atoms with E-state index in [1.165, 1.54) is 19.2 Å². The summed E-state index contributed by atoms with van der Waals surface area (Å²) in [7, 11) is 0. The number of amides is 1. The van der Waals surface area contributed by atoms with E-state index in [9.17, 15) is 9.59 Å². The van der Waals surface area contributed by atoms with E-state index in [1.807, 2.05) is 0 Å². The maximum Gasteiger partial charge on any atom is 0.337 e. The normalized spacial score (nSPS) is 9.50. The molecule has 0 aliphatic heterocycles. The van der Waals surface area contributed by atoms with Gasteiger partial charge in [-0.25, -0.2) is 4.79 Å². The minimum Gasteiger partial charge on any atom is -0.478 e. The van der Waals surface area contributed by atoms with E-state index in [0.717, 1.165) is 0 Å². The Morgan fingerprint density at radius 1 is 1.50 bits per heavy atom. The molecular weight excluding hydrogens is 184 g/mol. The van der Waals surface area contributed by atoms with Crippen LogP contribution in [0.15, 0.2) is 18.3 Å². The highest BCUT2D eigenvalue weighted by Gasteiger charge is 2.02. The summed E-state index contributed by atoms with van der Waals surface area (Å²) in [5.74, 6) is -1.15. The van der Waals surface area contributed by atoms with Crippen molar-refractivity contribution in [3.8, 4) is 0 Å². The van der Waals surface area contributed by atoms with Gasteiger partial charge in [0, 0.05) is 13.1 Å². The first-order chi connectivity index (χ1) is 6.59. The molecule has 0 aromatic carbocycles. The van der Waals surface area contributed by atoms with Gasteiger partial charge in [-0.1, -0.05) is 0 Å². The van der Waals surface area contributed by atoms with Gasteiger partial charge in [0.2, 0.25) is 5.91 Å². The number of carboxylic acids is 1. The standard InChI is InChI=1S/C9H10N2O3/c1-6(12)10-5-8-3-2-7(4-11-8)9(13)14/h2-4H,5H2,1H3,(H,10,12)(H,13,14). The molecule has 5 nitrogen and oxygen atoms in total. The first-order valence-electron chi connectivity index (χ1n) is 4.02. The molecule has 0 unspecified atom stereocenters. The van der Waals surface area contributed by atoms with Crippen molar-refractivity contribution in [2.45, 2.75) is 13.5 Å². The number of carbonyl (C=O) groups is 2. The molecule has 1 aromatic rings. The number of carbonyl (C=O) groups excluding carboxylic acids is 1. The van der Waals surface area contributed by atoms with Crippen LogP contribution in [0.3, 0.4) is 0 Å². The second-order valence-corrected chi connectivity index (χ2v) is 2.75. The number of hydrogen-bond acceptors (Lipinski definition) is 3. The van der Waals surface area contributed by atoms with Gasteiger partial charge in [-0.15, -0.1) is 0 Å². The van der Waals surface area contributed by atoms with Crippen LogP contribution in [-0.2, 0) is 11.3 Å². The Morgan fingerprint density at radius 3 is 2.64 bits per heavy atom. The Labute approximate surface area is 80.8 Å². The van der Waals surface area contributed by atoms with Gasteiger partial charge in [-0.3, -0.25) is 9.78 Å². The SMILES string of the molecule is CC(=O)NCc1ccc(C(=O)O)cn1. The van der Waals surface area contributed by atoms with Crippen LogP contribution in [0, 0.1) is 0 Å². The Hall–Kier alpha value is -1.91. The van der Waals surface area contributed by atoms with Crippen molar-refractivity contribution in [2.24, 2.45) is 0 Å². The number of nitrogens with zero attached hydrogens (tertiary/aromatic N) is 1. The van der Waals surface area contributed by atoms with Crippen molar-refractivity contribution in [3.05, 3.63) is 29.6 Å². The Bertz CT molecular complexity index is 346. The van der Waals surface area contributed by atoms with Gasteiger partial charge in [0.15, 0.2) is 0 Å². The van der Waals surface area contributed by atoms with Crippen LogP contribution in [0.5, 0.6) is 0 Å². The molecule has 1 amide bonds. The maximum absolute atomic E-state index is 10.6. The molecule has 0 radical (unpaired) electrons. The van der Waals surface area contributed by atoms with Crippen LogP contribution in [0.25, 0.3) is 0 Å². The summed E-state index contributed by atoms with van der Waals surface area (Å²) in [6, 6.07) is 3.02. The Balaban J connectivity index is 2.64. The molecular formula is C9H10N2O3. The van der Waals surface area contributed by atoms with Gasteiger partial charge in [0.25, 0.3) is 0 Å². The lowest BCUT2D eigenvalue weighted by Crippen LogP contribution is -2.19. The fourth-order valence-electron chi connectivity index (χ4n) is 0.871. The number of carboxylic acid groups (broad SMARTS) is 1. The molecule has 2 N–H and O–H groups in total. The molecule has 0 aliphatic rings. The molecule has 1 aromatic heterocycles. The quantitative estimate of drug-likeness (QED) is 0.730. The number of hydrogen-bond donors (Lipinski definition) is 2. The summed E-state index contributed by atoms with van der Waals surface area (Å²) < 4.78 is 0. The summed E-state index contributed by atoms with van der Waals surface area (Å²) in [5, 5.41) is 11.1. The topological polar surface area (TPSA) is 79.3 Å². The first kappa shape index (κ1) is 10.2. The monoisotopic (exact) mass is 194 g/mol. The minimum atomic E-state index is -1.01. The minimum absolute atomic E-state index is 0.136. The second-order valence-electron chi connectivity index (χ2n) is 2.75. The van der Waals surface area contributed by atoms with E-state index < -0.39 is 5.97 Å². The lowest BCUT2D eigenvalue weighted by molar-refractivity contribution is -0.119. The predicted octanol–water partition coefficient (Wildman–Crippen LogP) is 0.416. The molecule has 74 valence electrons. The van der Waals surface area contributed by atoms with Crippen LogP contribution in [0.1, 0.15) is 23.0 Å². The highest BCUT2D eigenvalue weighted by Crippen LogP contribution is 1.99. The summed E-state index contributed by atoms with van der Waals surface area (Å²) in [6.45, 7) is 1.72. The average molecular weight is 194 g/mol. The number of rotatable bonds is 3. The second kappa shape index (κ2) is 4.36. The Morgan fingerprint density at radius 2 is 2.21 bits per heavy atom. The molecule has 1 rings (SSSR count). The van der Waals surface area contributed by atoms with E-state index in [2.05, 4.69) is 10.3 Å². The third kappa shape index (κ3) is 2.85. The summed E-state index contributed by atoms with van der Waals surface area (Å²) in [6.07, 6.45) is 1.26. The van der Waals surface area contributed by atoms with Crippen LogP contribution >= 0.6 is 0 Å².